The first-order valence-electron chi connectivity index (χ1n) is 11.2. The SMILES string of the molecule is N#Cc1ccc(Cc2cncn2C[C@@H]2Cc3ccccc3CN2Cc2cccc(Cl)c2)cc1. The summed E-state index contributed by atoms with van der Waals surface area (Å²) < 4.78 is 2.28. The summed E-state index contributed by atoms with van der Waals surface area (Å²) in [6.07, 6.45) is 5.70. The molecule has 4 aromatic rings. The predicted octanol–water partition coefficient (Wildman–Crippen LogP) is 5.63. The highest BCUT2D eigenvalue weighted by Gasteiger charge is 2.27. The van der Waals surface area contributed by atoms with Gasteiger partial charge in [-0.15, -0.1) is 0 Å². The summed E-state index contributed by atoms with van der Waals surface area (Å²) in [7, 11) is 0. The van der Waals surface area contributed by atoms with Crippen molar-refractivity contribution >= 4 is 11.6 Å². The van der Waals surface area contributed by atoms with Crippen LogP contribution < -0.4 is 0 Å². The molecule has 0 radical (unpaired) electrons. The van der Waals surface area contributed by atoms with Crippen LogP contribution in [0.2, 0.25) is 5.02 Å². The summed E-state index contributed by atoms with van der Waals surface area (Å²) in [6.45, 7) is 2.66. The number of imidazole rings is 1. The van der Waals surface area contributed by atoms with Crippen molar-refractivity contribution in [2.45, 2.75) is 38.5 Å². The molecule has 1 atom stereocenters. The lowest BCUT2D eigenvalue weighted by atomic mass is 9.93. The number of hydrogen-bond donors (Lipinski definition) is 0. The number of halogens is 1. The normalized spacial score (nSPS) is 15.7. The lowest BCUT2D eigenvalue weighted by molar-refractivity contribution is 0.145. The first-order valence-corrected chi connectivity index (χ1v) is 11.6. The Bertz CT molecular complexity index is 1290. The van der Waals surface area contributed by atoms with Gasteiger partial charge in [0.15, 0.2) is 0 Å². The van der Waals surface area contributed by atoms with Gasteiger partial charge in [0.2, 0.25) is 0 Å². The van der Waals surface area contributed by atoms with Gasteiger partial charge in [0, 0.05) is 49.0 Å². The number of fused-ring (bicyclic) bond motifs is 1. The second kappa shape index (κ2) is 9.62. The van der Waals surface area contributed by atoms with Crippen LogP contribution in [-0.4, -0.2) is 20.5 Å². The Labute approximate surface area is 199 Å². The minimum absolute atomic E-state index is 0.354. The zero-order valence-electron chi connectivity index (χ0n) is 18.4. The van der Waals surface area contributed by atoms with Crippen LogP contribution in [0.4, 0.5) is 0 Å². The summed E-state index contributed by atoms with van der Waals surface area (Å²) >= 11 is 6.26. The van der Waals surface area contributed by atoms with E-state index >= 15 is 0 Å². The Kier molecular flexibility index (Phi) is 6.26. The van der Waals surface area contributed by atoms with Crippen molar-refractivity contribution < 1.29 is 0 Å². The van der Waals surface area contributed by atoms with E-state index in [1.165, 1.54) is 27.9 Å². The Morgan fingerprint density at radius 1 is 0.970 bits per heavy atom. The number of nitrogens with zero attached hydrogens (tertiary/aromatic N) is 4. The van der Waals surface area contributed by atoms with Crippen LogP contribution in [0, 0.1) is 11.3 Å². The summed E-state index contributed by atoms with van der Waals surface area (Å²) in [4.78, 5) is 7.01. The molecule has 0 saturated heterocycles. The maximum Gasteiger partial charge on any atom is 0.0991 e. The highest BCUT2D eigenvalue weighted by Crippen LogP contribution is 2.27. The van der Waals surface area contributed by atoms with Crippen LogP contribution in [0.25, 0.3) is 0 Å². The molecule has 3 aromatic carbocycles. The van der Waals surface area contributed by atoms with Crippen molar-refractivity contribution in [2.24, 2.45) is 0 Å². The van der Waals surface area contributed by atoms with Gasteiger partial charge < -0.3 is 4.57 Å². The van der Waals surface area contributed by atoms with Gasteiger partial charge in [0.05, 0.1) is 18.0 Å². The molecular formula is C28H25ClN4. The Hall–Kier alpha value is -3.39. The zero-order valence-corrected chi connectivity index (χ0v) is 19.1. The van der Waals surface area contributed by atoms with Crippen molar-refractivity contribution in [1.29, 1.82) is 5.26 Å². The van der Waals surface area contributed by atoms with E-state index in [-0.39, 0.29) is 0 Å². The van der Waals surface area contributed by atoms with Crippen LogP contribution in [0.1, 0.15) is 33.5 Å². The molecule has 1 aromatic heterocycles. The molecule has 0 aliphatic carbocycles. The fraction of sp³-hybridized carbons (Fsp3) is 0.214. The van der Waals surface area contributed by atoms with Crippen LogP contribution in [0.5, 0.6) is 0 Å². The van der Waals surface area contributed by atoms with Gasteiger partial charge in [-0.3, -0.25) is 4.90 Å². The van der Waals surface area contributed by atoms with Gasteiger partial charge in [0.1, 0.15) is 0 Å². The highest BCUT2D eigenvalue weighted by atomic mass is 35.5. The van der Waals surface area contributed by atoms with Gasteiger partial charge in [-0.1, -0.05) is 60.1 Å². The quantitative estimate of drug-likeness (QED) is 0.381. The molecule has 5 rings (SSSR count). The van der Waals surface area contributed by atoms with Crippen molar-refractivity contribution in [2.75, 3.05) is 0 Å². The van der Waals surface area contributed by atoms with Gasteiger partial charge in [0.25, 0.3) is 0 Å². The lowest BCUT2D eigenvalue weighted by Crippen LogP contribution is -2.42. The number of nitriles is 1. The summed E-state index contributed by atoms with van der Waals surface area (Å²) in [5.74, 6) is 0. The molecular weight excluding hydrogens is 428 g/mol. The van der Waals surface area contributed by atoms with Crippen molar-refractivity contribution in [3.63, 3.8) is 0 Å². The molecule has 0 unspecified atom stereocenters. The fourth-order valence-corrected chi connectivity index (χ4v) is 4.88. The van der Waals surface area contributed by atoms with E-state index in [0.717, 1.165) is 37.5 Å². The van der Waals surface area contributed by atoms with E-state index in [9.17, 15) is 0 Å². The topological polar surface area (TPSA) is 44.9 Å². The minimum atomic E-state index is 0.354. The van der Waals surface area contributed by atoms with Crippen LogP contribution >= 0.6 is 11.6 Å². The molecule has 0 spiro atoms. The Morgan fingerprint density at radius 3 is 2.58 bits per heavy atom. The second-order valence-electron chi connectivity index (χ2n) is 8.68. The molecule has 0 bridgehead atoms. The standard InChI is InChI=1S/C28H25ClN4/c29-26-7-3-4-23(12-26)17-32-18-25-6-2-1-5-24(25)14-28(32)19-33-20-31-16-27(33)13-21-8-10-22(15-30)11-9-21/h1-12,16,20,28H,13-14,17-19H2/t28-/m0/s1. The van der Waals surface area contributed by atoms with Crippen molar-refractivity contribution in [3.8, 4) is 6.07 Å². The minimum Gasteiger partial charge on any atom is -0.333 e. The van der Waals surface area contributed by atoms with E-state index in [0.29, 0.717) is 11.6 Å². The molecule has 2 heterocycles. The van der Waals surface area contributed by atoms with E-state index < -0.39 is 0 Å². The molecule has 4 nitrogen and oxygen atoms in total. The van der Waals surface area contributed by atoms with Crippen LogP contribution in [-0.2, 0) is 32.5 Å². The monoisotopic (exact) mass is 452 g/mol. The maximum absolute atomic E-state index is 9.05. The number of benzene rings is 3. The second-order valence-corrected chi connectivity index (χ2v) is 9.12. The first-order chi connectivity index (χ1) is 16.2. The van der Waals surface area contributed by atoms with Crippen LogP contribution in [0.3, 0.4) is 0 Å². The third-order valence-corrected chi connectivity index (χ3v) is 6.65. The number of rotatable bonds is 6. The number of aromatic nitrogens is 2. The third-order valence-electron chi connectivity index (χ3n) is 6.41. The largest absolute Gasteiger partial charge is 0.333 e. The summed E-state index contributed by atoms with van der Waals surface area (Å²) in [5, 5.41) is 9.83. The Balaban J connectivity index is 1.38. The van der Waals surface area contributed by atoms with Crippen LogP contribution in [0.15, 0.2) is 85.3 Å². The van der Waals surface area contributed by atoms with Gasteiger partial charge in [-0.25, -0.2) is 4.98 Å². The molecule has 164 valence electrons. The summed E-state index contributed by atoms with van der Waals surface area (Å²) in [5.41, 5.74) is 7.11. The maximum atomic E-state index is 9.05. The molecule has 33 heavy (non-hydrogen) atoms. The predicted molar refractivity (Wildman–Crippen MR) is 131 cm³/mol. The Morgan fingerprint density at radius 2 is 1.79 bits per heavy atom. The molecule has 1 aliphatic rings. The van der Waals surface area contributed by atoms with Gasteiger partial charge in [-0.05, 0) is 52.9 Å². The average molecular weight is 453 g/mol. The molecule has 0 fully saturated rings. The molecule has 0 N–H and O–H groups in total. The molecule has 0 amide bonds. The average Bonchev–Trinajstić information content (AvgIpc) is 3.26. The highest BCUT2D eigenvalue weighted by molar-refractivity contribution is 6.30. The first kappa shape index (κ1) is 21.5. The lowest BCUT2D eigenvalue weighted by Gasteiger charge is -2.37. The third kappa shape index (κ3) is 5.01. The van der Waals surface area contributed by atoms with Gasteiger partial charge in [-0.2, -0.15) is 5.26 Å². The molecule has 1 aliphatic heterocycles. The zero-order chi connectivity index (χ0) is 22.6. The molecule has 0 saturated carbocycles. The smallest absolute Gasteiger partial charge is 0.0991 e. The van der Waals surface area contributed by atoms with E-state index in [2.05, 4.69) is 56.9 Å². The van der Waals surface area contributed by atoms with Crippen molar-refractivity contribution in [1.82, 2.24) is 14.5 Å². The fourth-order valence-electron chi connectivity index (χ4n) is 4.67. The van der Waals surface area contributed by atoms with E-state index in [4.69, 9.17) is 16.9 Å². The molecule has 5 heteroatoms. The van der Waals surface area contributed by atoms with E-state index in [1.807, 2.05) is 48.9 Å². The summed E-state index contributed by atoms with van der Waals surface area (Å²) in [6, 6.07) is 27.3. The van der Waals surface area contributed by atoms with E-state index in [1.54, 1.807) is 0 Å². The number of hydrogen-bond acceptors (Lipinski definition) is 3. The van der Waals surface area contributed by atoms with Crippen molar-refractivity contribution in [3.05, 3.63) is 124 Å². The van der Waals surface area contributed by atoms with Gasteiger partial charge >= 0.3 is 0 Å².